The van der Waals surface area contributed by atoms with Crippen molar-refractivity contribution < 1.29 is 19.4 Å². The van der Waals surface area contributed by atoms with Crippen LogP contribution in [0.1, 0.15) is 60.3 Å². The first kappa shape index (κ1) is 19.2. The van der Waals surface area contributed by atoms with Gasteiger partial charge in [-0.3, -0.25) is 4.79 Å². The van der Waals surface area contributed by atoms with E-state index in [0.29, 0.717) is 24.9 Å². The van der Waals surface area contributed by atoms with Crippen molar-refractivity contribution in [1.82, 2.24) is 0 Å². The Morgan fingerprint density at radius 1 is 1.30 bits per heavy atom. The zero-order valence-corrected chi connectivity index (χ0v) is 17.3. The summed E-state index contributed by atoms with van der Waals surface area (Å²) in [7, 11) is 0. The number of carboxylic acid groups (broad SMARTS) is 1. The first-order chi connectivity index (χ1) is 12.7. The lowest BCUT2D eigenvalue weighted by molar-refractivity contribution is -0.188. The van der Waals surface area contributed by atoms with E-state index >= 15 is 0 Å². The molecular formula is C23H34O4. The van der Waals surface area contributed by atoms with Crippen molar-refractivity contribution in [3.63, 3.8) is 0 Å². The van der Waals surface area contributed by atoms with Crippen LogP contribution in [0.2, 0.25) is 0 Å². The van der Waals surface area contributed by atoms with E-state index in [0.717, 1.165) is 31.1 Å². The number of carboxylic acids is 1. The number of rotatable bonds is 6. The summed E-state index contributed by atoms with van der Waals surface area (Å²) in [6.45, 7) is 10.9. The van der Waals surface area contributed by atoms with Crippen LogP contribution < -0.4 is 0 Å². The molecule has 7 unspecified atom stereocenters. The molecule has 0 aliphatic heterocycles. The van der Waals surface area contributed by atoms with Gasteiger partial charge in [0.15, 0.2) is 0 Å². The summed E-state index contributed by atoms with van der Waals surface area (Å²) in [4.78, 5) is 25.9. The quantitative estimate of drug-likeness (QED) is 0.555. The van der Waals surface area contributed by atoms with E-state index in [-0.39, 0.29) is 23.9 Å². The number of carbonyl (C=O) groups is 2. The average molecular weight is 375 g/mol. The van der Waals surface area contributed by atoms with Crippen LogP contribution in [0.15, 0.2) is 11.6 Å². The number of hydrogen-bond acceptors (Lipinski definition) is 3. The SMILES string of the molecule is CC(C)OCC12CC3C(C)CCC3C3(C=O)CC1C=C(C(C)C)C32C(=O)O. The first-order valence-corrected chi connectivity index (χ1v) is 10.7. The first-order valence-electron chi connectivity index (χ1n) is 10.7. The van der Waals surface area contributed by atoms with Crippen molar-refractivity contribution in [2.75, 3.05) is 6.61 Å². The number of fused-ring (bicyclic) bond motifs is 2. The van der Waals surface area contributed by atoms with Crippen LogP contribution in [0.4, 0.5) is 0 Å². The van der Waals surface area contributed by atoms with Gasteiger partial charge >= 0.3 is 5.97 Å². The molecule has 7 atom stereocenters. The van der Waals surface area contributed by atoms with Gasteiger partial charge in [0.25, 0.3) is 0 Å². The molecule has 1 N–H and O–H groups in total. The Morgan fingerprint density at radius 3 is 2.56 bits per heavy atom. The summed E-state index contributed by atoms with van der Waals surface area (Å²) in [5, 5.41) is 10.8. The van der Waals surface area contributed by atoms with Gasteiger partial charge in [-0.05, 0) is 62.7 Å². The highest BCUT2D eigenvalue weighted by Gasteiger charge is 2.84. The van der Waals surface area contributed by atoms with Gasteiger partial charge in [-0.1, -0.05) is 38.8 Å². The molecule has 150 valence electrons. The van der Waals surface area contributed by atoms with Crippen molar-refractivity contribution in [2.24, 2.45) is 45.8 Å². The normalized spacial score (nSPS) is 47.4. The van der Waals surface area contributed by atoms with E-state index in [9.17, 15) is 14.7 Å². The fourth-order valence-electron chi connectivity index (χ4n) is 7.95. The summed E-state index contributed by atoms with van der Waals surface area (Å²) in [6.07, 6.45) is 7.02. The van der Waals surface area contributed by atoms with Crippen LogP contribution in [0.5, 0.6) is 0 Å². The Labute approximate surface area is 162 Å². The molecule has 4 nitrogen and oxygen atoms in total. The molecule has 0 heterocycles. The van der Waals surface area contributed by atoms with Gasteiger partial charge in [0.2, 0.25) is 0 Å². The Bertz CT molecular complexity index is 694. The van der Waals surface area contributed by atoms with Gasteiger partial charge < -0.3 is 14.6 Å². The second-order valence-corrected chi connectivity index (χ2v) is 10.3. The Balaban J connectivity index is 1.97. The van der Waals surface area contributed by atoms with Crippen LogP contribution in [0, 0.1) is 45.8 Å². The number of aliphatic carboxylic acids is 1. The Morgan fingerprint density at radius 2 is 2.00 bits per heavy atom. The lowest BCUT2D eigenvalue weighted by Crippen LogP contribution is -2.63. The summed E-state index contributed by atoms with van der Waals surface area (Å²) < 4.78 is 6.15. The Hall–Kier alpha value is -1.16. The molecular weight excluding hydrogens is 340 g/mol. The van der Waals surface area contributed by atoms with Crippen molar-refractivity contribution in [1.29, 1.82) is 0 Å². The van der Waals surface area contributed by atoms with E-state index in [4.69, 9.17) is 4.74 Å². The topological polar surface area (TPSA) is 63.6 Å². The predicted molar refractivity (Wildman–Crippen MR) is 103 cm³/mol. The van der Waals surface area contributed by atoms with Gasteiger partial charge in [0.05, 0.1) is 18.1 Å². The van der Waals surface area contributed by atoms with Crippen molar-refractivity contribution in [2.45, 2.75) is 66.4 Å². The highest BCUT2D eigenvalue weighted by Crippen LogP contribution is 2.82. The second kappa shape index (κ2) is 5.92. The minimum atomic E-state index is -1.10. The highest BCUT2D eigenvalue weighted by molar-refractivity contribution is 5.90. The van der Waals surface area contributed by atoms with Gasteiger partial charge in [-0.25, -0.2) is 0 Å². The molecule has 0 spiro atoms. The fraction of sp³-hybridized carbons (Fsp3) is 0.826. The summed E-state index contributed by atoms with van der Waals surface area (Å²) in [5.41, 5.74) is -1.36. The lowest BCUT2D eigenvalue weighted by Gasteiger charge is -2.58. The third-order valence-electron chi connectivity index (χ3n) is 8.80. The number of carbonyl (C=O) groups excluding carboxylic acids is 1. The minimum absolute atomic E-state index is 0.0528. The van der Waals surface area contributed by atoms with Crippen LogP contribution in [-0.2, 0) is 14.3 Å². The van der Waals surface area contributed by atoms with Crippen LogP contribution in [0.25, 0.3) is 0 Å². The molecule has 4 aliphatic carbocycles. The third kappa shape index (κ3) is 1.98. The van der Waals surface area contributed by atoms with E-state index in [2.05, 4.69) is 26.8 Å². The van der Waals surface area contributed by atoms with E-state index < -0.39 is 22.2 Å². The van der Waals surface area contributed by atoms with Gasteiger partial charge in [-0.15, -0.1) is 0 Å². The number of allylic oxidation sites excluding steroid dienone is 1. The molecule has 27 heavy (non-hydrogen) atoms. The van der Waals surface area contributed by atoms with Crippen LogP contribution in [0.3, 0.4) is 0 Å². The maximum absolute atomic E-state index is 13.1. The standard InChI is InChI=1S/C23H34O4/c1-13(2)19-8-16-9-21(11-24)18-7-6-15(5)17(18)10-22(16,12-27-14(3)4)23(19,21)20(25)26/h8,11,13-18H,6-7,9-10,12H2,1-5H3,(H,25,26). The lowest BCUT2D eigenvalue weighted by atomic mass is 9.43. The van der Waals surface area contributed by atoms with Crippen molar-refractivity contribution in [3.8, 4) is 0 Å². The maximum atomic E-state index is 13.1. The van der Waals surface area contributed by atoms with Gasteiger partial charge in [0.1, 0.15) is 11.7 Å². The highest BCUT2D eigenvalue weighted by atomic mass is 16.5. The third-order valence-corrected chi connectivity index (χ3v) is 8.80. The second-order valence-electron chi connectivity index (χ2n) is 10.3. The van der Waals surface area contributed by atoms with E-state index in [1.807, 2.05) is 13.8 Å². The van der Waals surface area contributed by atoms with Crippen LogP contribution in [-0.4, -0.2) is 30.1 Å². The molecule has 0 aromatic carbocycles. The smallest absolute Gasteiger partial charge is 0.315 e. The molecule has 4 aliphatic rings. The van der Waals surface area contributed by atoms with Crippen molar-refractivity contribution in [3.05, 3.63) is 11.6 Å². The molecule has 4 rings (SSSR count). The molecule has 4 heteroatoms. The average Bonchev–Trinajstić information content (AvgIpc) is 3.17. The number of ether oxygens (including phenoxy) is 1. The molecule has 3 saturated carbocycles. The Kier molecular flexibility index (Phi) is 4.20. The number of aldehydes is 1. The maximum Gasteiger partial charge on any atom is 0.315 e. The summed E-state index contributed by atoms with van der Waals surface area (Å²) in [6, 6.07) is 0. The van der Waals surface area contributed by atoms with Gasteiger partial charge in [0, 0.05) is 5.41 Å². The minimum Gasteiger partial charge on any atom is -0.481 e. The fourth-order valence-corrected chi connectivity index (χ4v) is 7.95. The summed E-state index contributed by atoms with van der Waals surface area (Å²) >= 11 is 0. The molecule has 3 fully saturated rings. The monoisotopic (exact) mass is 374 g/mol. The predicted octanol–water partition coefficient (Wildman–Crippen LogP) is 4.34. The molecule has 4 bridgehead atoms. The zero-order chi connectivity index (χ0) is 19.8. The van der Waals surface area contributed by atoms with E-state index in [1.165, 1.54) is 0 Å². The zero-order valence-electron chi connectivity index (χ0n) is 17.3. The molecule has 0 aromatic heterocycles. The molecule has 0 amide bonds. The van der Waals surface area contributed by atoms with Crippen LogP contribution >= 0.6 is 0 Å². The van der Waals surface area contributed by atoms with E-state index in [1.54, 1.807) is 0 Å². The summed E-state index contributed by atoms with van der Waals surface area (Å²) in [5.74, 6) is 0.648. The largest absolute Gasteiger partial charge is 0.481 e. The molecule has 0 radical (unpaired) electrons. The van der Waals surface area contributed by atoms with Crippen molar-refractivity contribution >= 4 is 12.3 Å². The number of hydrogen-bond donors (Lipinski definition) is 1. The molecule has 0 saturated heterocycles. The molecule has 0 aromatic rings. The van der Waals surface area contributed by atoms with Gasteiger partial charge in [-0.2, -0.15) is 0 Å².